The van der Waals surface area contributed by atoms with Crippen LogP contribution in [0.1, 0.15) is 5.56 Å². The predicted molar refractivity (Wildman–Crippen MR) is 67.8 cm³/mol. The molecule has 2 N–H and O–H groups in total. The molecule has 0 aliphatic carbocycles. The van der Waals surface area contributed by atoms with Gasteiger partial charge in [0.25, 0.3) is 0 Å². The number of nitrogens with zero attached hydrogens (tertiary/aromatic N) is 1. The molecule has 1 saturated heterocycles. The largest absolute Gasteiger partial charge is 0.497 e. The molecule has 0 unspecified atom stereocenters. The van der Waals surface area contributed by atoms with E-state index in [0.29, 0.717) is 6.54 Å². The second-order valence-corrected chi connectivity index (χ2v) is 4.72. The van der Waals surface area contributed by atoms with Crippen molar-refractivity contribution >= 4 is 0 Å². The Balaban J connectivity index is 2.41. The molecule has 17 heavy (non-hydrogen) atoms. The van der Waals surface area contributed by atoms with Crippen molar-refractivity contribution < 1.29 is 9.47 Å². The lowest BCUT2D eigenvalue weighted by atomic mass is 9.73. The summed E-state index contributed by atoms with van der Waals surface area (Å²) in [5.74, 6) is 1.74. The van der Waals surface area contributed by atoms with Crippen LogP contribution in [0.4, 0.5) is 0 Å². The van der Waals surface area contributed by atoms with Crippen LogP contribution in [0.15, 0.2) is 18.2 Å². The van der Waals surface area contributed by atoms with E-state index in [-0.39, 0.29) is 5.41 Å². The highest BCUT2D eigenvalue weighted by Crippen LogP contribution is 2.39. The van der Waals surface area contributed by atoms with Gasteiger partial charge in [-0.05, 0) is 25.2 Å². The summed E-state index contributed by atoms with van der Waals surface area (Å²) in [6, 6.07) is 5.90. The van der Waals surface area contributed by atoms with E-state index >= 15 is 0 Å². The highest BCUT2D eigenvalue weighted by atomic mass is 16.5. The van der Waals surface area contributed by atoms with Crippen molar-refractivity contribution in [2.45, 2.75) is 5.41 Å². The molecular formula is C13H20N2O2. The van der Waals surface area contributed by atoms with Gasteiger partial charge in [0.15, 0.2) is 0 Å². The molecule has 1 heterocycles. The second-order valence-electron chi connectivity index (χ2n) is 4.72. The Hall–Kier alpha value is -1.26. The van der Waals surface area contributed by atoms with Gasteiger partial charge in [0.2, 0.25) is 0 Å². The Morgan fingerprint density at radius 1 is 1.29 bits per heavy atom. The molecule has 1 aromatic rings. The summed E-state index contributed by atoms with van der Waals surface area (Å²) in [5.41, 5.74) is 7.12. The standard InChI is InChI=1S/C13H20N2O2/c1-15-8-13(7-14,9-15)11-6-10(16-2)4-5-12(11)17-3/h4-6H,7-9,14H2,1-3H3. The van der Waals surface area contributed by atoms with E-state index in [4.69, 9.17) is 15.2 Å². The lowest BCUT2D eigenvalue weighted by molar-refractivity contribution is 0.0974. The predicted octanol–water partition coefficient (Wildman–Crippen LogP) is 0.846. The average molecular weight is 236 g/mol. The van der Waals surface area contributed by atoms with Gasteiger partial charge in [-0.3, -0.25) is 0 Å². The number of hydrogen-bond donors (Lipinski definition) is 1. The number of nitrogens with two attached hydrogens (primary N) is 1. The van der Waals surface area contributed by atoms with E-state index in [1.807, 2.05) is 18.2 Å². The van der Waals surface area contributed by atoms with Gasteiger partial charge >= 0.3 is 0 Å². The molecule has 1 aromatic carbocycles. The summed E-state index contributed by atoms with van der Waals surface area (Å²) < 4.78 is 10.7. The minimum absolute atomic E-state index is 0.00856. The molecule has 0 spiro atoms. The van der Waals surface area contributed by atoms with Crippen molar-refractivity contribution in [2.24, 2.45) is 5.73 Å². The number of likely N-dealkylation sites (tertiary alicyclic amines) is 1. The summed E-state index contributed by atoms with van der Waals surface area (Å²) in [6.45, 7) is 2.56. The minimum Gasteiger partial charge on any atom is -0.497 e. The number of methoxy groups -OCH3 is 2. The van der Waals surface area contributed by atoms with Gasteiger partial charge in [-0.1, -0.05) is 0 Å². The van der Waals surface area contributed by atoms with Crippen molar-refractivity contribution in [3.05, 3.63) is 23.8 Å². The topological polar surface area (TPSA) is 47.7 Å². The van der Waals surface area contributed by atoms with E-state index in [0.717, 1.165) is 30.2 Å². The highest BCUT2D eigenvalue weighted by Gasteiger charge is 2.43. The Labute approximate surface area is 102 Å². The van der Waals surface area contributed by atoms with Gasteiger partial charge in [-0.25, -0.2) is 0 Å². The van der Waals surface area contributed by atoms with Gasteiger partial charge in [-0.2, -0.15) is 0 Å². The maximum Gasteiger partial charge on any atom is 0.123 e. The molecule has 0 bridgehead atoms. The van der Waals surface area contributed by atoms with Crippen molar-refractivity contribution in [3.63, 3.8) is 0 Å². The summed E-state index contributed by atoms with van der Waals surface area (Å²) >= 11 is 0. The van der Waals surface area contributed by atoms with Crippen LogP contribution in [-0.2, 0) is 5.41 Å². The Bertz CT molecular complexity index is 400. The fourth-order valence-electron chi connectivity index (χ4n) is 2.62. The van der Waals surface area contributed by atoms with Crippen molar-refractivity contribution in [2.75, 3.05) is 40.9 Å². The molecular weight excluding hydrogens is 216 g/mol. The number of rotatable bonds is 4. The Morgan fingerprint density at radius 3 is 2.47 bits per heavy atom. The third-order valence-electron chi connectivity index (χ3n) is 3.51. The first-order valence-electron chi connectivity index (χ1n) is 5.76. The normalized spacial score (nSPS) is 18.6. The molecule has 0 atom stereocenters. The first-order chi connectivity index (χ1) is 8.15. The monoisotopic (exact) mass is 236 g/mol. The lowest BCUT2D eigenvalue weighted by Crippen LogP contribution is -2.61. The zero-order chi connectivity index (χ0) is 12.5. The fourth-order valence-corrected chi connectivity index (χ4v) is 2.62. The summed E-state index contributed by atoms with van der Waals surface area (Å²) in [7, 11) is 5.46. The van der Waals surface area contributed by atoms with E-state index in [1.165, 1.54) is 0 Å². The first-order valence-corrected chi connectivity index (χ1v) is 5.76. The molecule has 1 fully saturated rings. The molecule has 4 nitrogen and oxygen atoms in total. The zero-order valence-corrected chi connectivity index (χ0v) is 10.7. The van der Waals surface area contributed by atoms with Crippen molar-refractivity contribution in [3.8, 4) is 11.5 Å². The number of benzene rings is 1. The van der Waals surface area contributed by atoms with Gasteiger partial charge in [0.1, 0.15) is 11.5 Å². The van der Waals surface area contributed by atoms with Crippen LogP contribution >= 0.6 is 0 Å². The van der Waals surface area contributed by atoms with Crippen molar-refractivity contribution in [1.82, 2.24) is 4.90 Å². The Morgan fingerprint density at radius 2 is 2.00 bits per heavy atom. The Kier molecular flexibility index (Phi) is 3.26. The number of ether oxygens (including phenoxy) is 2. The maximum atomic E-state index is 5.96. The summed E-state index contributed by atoms with van der Waals surface area (Å²) in [5, 5.41) is 0. The third kappa shape index (κ3) is 1.98. The van der Waals surface area contributed by atoms with Crippen LogP contribution in [-0.4, -0.2) is 45.8 Å². The van der Waals surface area contributed by atoms with Gasteiger partial charge in [0, 0.05) is 30.6 Å². The zero-order valence-electron chi connectivity index (χ0n) is 10.7. The minimum atomic E-state index is 0.00856. The molecule has 0 amide bonds. The molecule has 0 aromatic heterocycles. The number of likely N-dealkylation sites (N-methyl/N-ethyl adjacent to an activating group) is 1. The summed E-state index contributed by atoms with van der Waals surface area (Å²) in [4.78, 5) is 2.26. The molecule has 1 aliphatic rings. The van der Waals surface area contributed by atoms with Crippen LogP contribution in [0.25, 0.3) is 0 Å². The van der Waals surface area contributed by atoms with Gasteiger partial charge in [-0.15, -0.1) is 0 Å². The van der Waals surface area contributed by atoms with Crippen molar-refractivity contribution in [1.29, 1.82) is 0 Å². The average Bonchev–Trinajstić information content (AvgIpc) is 2.34. The SMILES string of the molecule is COc1ccc(OC)c(C2(CN)CN(C)C2)c1. The maximum absolute atomic E-state index is 5.96. The van der Waals surface area contributed by atoms with E-state index < -0.39 is 0 Å². The lowest BCUT2D eigenvalue weighted by Gasteiger charge is -2.48. The number of hydrogen-bond acceptors (Lipinski definition) is 4. The quantitative estimate of drug-likeness (QED) is 0.842. The third-order valence-corrected chi connectivity index (χ3v) is 3.51. The molecule has 94 valence electrons. The van der Waals surface area contributed by atoms with E-state index in [9.17, 15) is 0 Å². The van der Waals surface area contributed by atoms with Crippen LogP contribution in [0.3, 0.4) is 0 Å². The van der Waals surface area contributed by atoms with E-state index in [2.05, 4.69) is 11.9 Å². The molecule has 0 radical (unpaired) electrons. The fraction of sp³-hybridized carbons (Fsp3) is 0.538. The smallest absolute Gasteiger partial charge is 0.123 e. The van der Waals surface area contributed by atoms with Crippen LogP contribution in [0.2, 0.25) is 0 Å². The molecule has 1 aliphatic heterocycles. The molecule has 4 heteroatoms. The first kappa shape index (κ1) is 12.2. The van der Waals surface area contributed by atoms with Crippen LogP contribution in [0.5, 0.6) is 11.5 Å². The highest BCUT2D eigenvalue weighted by molar-refractivity contribution is 5.47. The van der Waals surface area contributed by atoms with Gasteiger partial charge in [0.05, 0.1) is 14.2 Å². The summed E-state index contributed by atoms with van der Waals surface area (Å²) in [6.07, 6.45) is 0. The van der Waals surface area contributed by atoms with Gasteiger partial charge < -0.3 is 20.1 Å². The second kappa shape index (κ2) is 4.55. The van der Waals surface area contributed by atoms with Crippen LogP contribution < -0.4 is 15.2 Å². The molecule has 2 rings (SSSR count). The molecule has 0 saturated carbocycles. The van der Waals surface area contributed by atoms with Crippen LogP contribution in [0, 0.1) is 0 Å². The van der Waals surface area contributed by atoms with E-state index in [1.54, 1.807) is 14.2 Å².